The van der Waals surface area contributed by atoms with E-state index < -0.39 is 40.4 Å². The number of imidazole rings is 1. The van der Waals surface area contributed by atoms with E-state index in [0.717, 1.165) is 6.26 Å². The highest BCUT2D eigenvalue weighted by atomic mass is 35.5. The van der Waals surface area contributed by atoms with Crippen molar-refractivity contribution in [2.75, 3.05) is 18.6 Å². The predicted molar refractivity (Wildman–Crippen MR) is 93.3 cm³/mol. The minimum absolute atomic E-state index is 0.0709. The number of nitrogen functional groups attached to an aromatic ring is 1. The number of ether oxygens (including phenoxy) is 3. The Labute approximate surface area is 159 Å². The Morgan fingerprint density at radius 2 is 2.15 bits per heavy atom. The topological polar surface area (TPSA) is 141 Å². The smallest absolute Gasteiger partial charge is 0.264 e. The summed E-state index contributed by atoms with van der Waals surface area (Å²) >= 11 is 5.91. The molecule has 0 aliphatic carbocycles. The van der Waals surface area contributed by atoms with Gasteiger partial charge in [0.1, 0.15) is 17.7 Å². The van der Waals surface area contributed by atoms with Crippen LogP contribution >= 0.6 is 11.6 Å². The Morgan fingerprint density at radius 1 is 1.41 bits per heavy atom. The Kier molecular flexibility index (Phi) is 4.33. The highest BCUT2D eigenvalue weighted by Crippen LogP contribution is 2.41. The third-order valence-corrected chi connectivity index (χ3v) is 5.02. The van der Waals surface area contributed by atoms with Crippen molar-refractivity contribution < 1.29 is 26.8 Å². The first-order valence-electron chi connectivity index (χ1n) is 8.05. The van der Waals surface area contributed by atoms with Crippen molar-refractivity contribution in [3.63, 3.8) is 0 Å². The monoisotopic (exact) mass is 419 g/mol. The summed E-state index contributed by atoms with van der Waals surface area (Å²) in [6, 6.07) is 0. The Hall–Kier alpha value is -1.57. The SMILES string of the molecule is CC1(C)OC[C@H]2O[C@@H](n3cnc4c(N)nc(Cl)nc43)[C@@H](OS(C)(=O)=O)[C@@H]2O1. The van der Waals surface area contributed by atoms with Crippen LogP contribution in [-0.4, -0.2) is 64.9 Å². The molecule has 4 rings (SSSR count). The molecule has 2 aliphatic heterocycles. The van der Waals surface area contributed by atoms with E-state index in [0.29, 0.717) is 11.2 Å². The normalized spacial score (nSPS) is 30.5. The van der Waals surface area contributed by atoms with Crippen molar-refractivity contribution in [2.45, 2.75) is 44.2 Å². The van der Waals surface area contributed by atoms with Crippen molar-refractivity contribution in [1.29, 1.82) is 0 Å². The Morgan fingerprint density at radius 3 is 2.85 bits per heavy atom. The summed E-state index contributed by atoms with van der Waals surface area (Å²) in [5.74, 6) is -0.814. The first-order valence-corrected chi connectivity index (χ1v) is 10.2. The number of hydrogen-bond acceptors (Lipinski definition) is 10. The second-order valence-corrected chi connectivity index (χ2v) is 8.76. The van der Waals surface area contributed by atoms with E-state index in [2.05, 4.69) is 15.0 Å². The van der Waals surface area contributed by atoms with Gasteiger partial charge in [0.05, 0.1) is 19.2 Å². The minimum atomic E-state index is -3.81. The fourth-order valence-corrected chi connectivity index (χ4v) is 4.03. The quantitative estimate of drug-likeness (QED) is 0.550. The summed E-state index contributed by atoms with van der Waals surface area (Å²) in [7, 11) is -3.81. The van der Waals surface area contributed by atoms with E-state index in [9.17, 15) is 8.42 Å². The molecule has 0 saturated carbocycles. The van der Waals surface area contributed by atoms with E-state index >= 15 is 0 Å². The fraction of sp³-hybridized carbons (Fsp3) is 0.643. The van der Waals surface area contributed by atoms with Gasteiger partial charge in [-0.15, -0.1) is 0 Å². The molecule has 0 radical (unpaired) electrons. The maximum absolute atomic E-state index is 11.9. The lowest BCUT2D eigenvalue weighted by molar-refractivity contribution is -0.299. The van der Waals surface area contributed by atoms with Crippen LogP contribution in [0.3, 0.4) is 0 Å². The number of rotatable bonds is 3. The third-order valence-electron chi connectivity index (χ3n) is 4.28. The zero-order chi connectivity index (χ0) is 19.6. The summed E-state index contributed by atoms with van der Waals surface area (Å²) in [5, 5.41) is -0.0709. The van der Waals surface area contributed by atoms with Crippen molar-refractivity contribution in [3.8, 4) is 0 Å². The van der Waals surface area contributed by atoms with Gasteiger partial charge in [0.25, 0.3) is 10.1 Å². The van der Waals surface area contributed by atoms with Gasteiger partial charge in [0, 0.05) is 0 Å². The van der Waals surface area contributed by atoms with E-state index in [1.54, 1.807) is 13.8 Å². The molecule has 2 aromatic rings. The molecule has 0 unspecified atom stereocenters. The first kappa shape index (κ1) is 18.8. The lowest BCUT2D eigenvalue weighted by Crippen LogP contribution is -2.50. The Balaban J connectivity index is 1.79. The average molecular weight is 420 g/mol. The van der Waals surface area contributed by atoms with Crippen molar-refractivity contribution in [2.24, 2.45) is 0 Å². The molecule has 2 aromatic heterocycles. The lowest BCUT2D eigenvalue weighted by Gasteiger charge is -2.38. The number of fused-ring (bicyclic) bond motifs is 2. The molecule has 0 bridgehead atoms. The highest BCUT2D eigenvalue weighted by Gasteiger charge is 2.54. The minimum Gasteiger partial charge on any atom is -0.382 e. The standard InChI is InChI=1S/C14H18ClN5O6S/c1-14(2)23-4-6-8(25-14)9(26-27(3,21)22)12(24-6)20-5-17-7-10(16)18-13(15)19-11(7)20/h5-6,8-9,12H,4H2,1-3H3,(H2,16,18,19)/t6-,8-,9+,12-/m1/s1. The molecular weight excluding hydrogens is 402 g/mol. The molecule has 0 spiro atoms. The molecular formula is C14H18ClN5O6S. The number of aromatic nitrogens is 4. The maximum atomic E-state index is 11.9. The van der Waals surface area contributed by atoms with Crippen LogP contribution in [0.1, 0.15) is 20.1 Å². The van der Waals surface area contributed by atoms with Crippen LogP contribution in [0.5, 0.6) is 0 Å². The first-order chi connectivity index (χ1) is 12.5. The van der Waals surface area contributed by atoms with Crippen LogP contribution in [0.25, 0.3) is 11.2 Å². The molecule has 148 valence electrons. The average Bonchev–Trinajstić information content (AvgIpc) is 3.07. The number of hydrogen-bond donors (Lipinski definition) is 1. The fourth-order valence-electron chi connectivity index (χ4n) is 3.25. The zero-order valence-corrected chi connectivity index (χ0v) is 16.3. The molecule has 0 aromatic carbocycles. The summed E-state index contributed by atoms with van der Waals surface area (Å²) in [4.78, 5) is 12.2. The molecule has 2 saturated heterocycles. The number of nitrogens with zero attached hydrogens (tertiary/aromatic N) is 4. The molecule has 11 nitrogen and oxygen atoms in total. The van der Waals surface area contributed by atoms with Crippen LogP contribution < -0.4 is 5.73 Å². The summed E-state index contributed by atoms with van der Waals surface area (Å²) in [6.07, 6.45) is -0.727. The molecule has 2 fully saturated rings. The third kappa shape index (κ3) is 3.48. The summed E-state index contributed by atoms with van der Waals surface area (Å²) in [6.45, 7) is 3.67. The number of nitrogens with two attached hydrogens (primary N) is 1. The van der Waals surface area contributed by atoms with Gasteiger partial charge in [0.2, 0.25) is 5.28 Å². The highest BCUT2D eigenvalue weighted by molar-refractivity contribution is 7.86. The number of halogens is 1. The van der Waals surface area contributed by atoms with Crippen LogP contribution in [0.15, 0.2) is 6.33 Å². The largest absolute Gasteiger partial charge is 0.382 e. The van der Waals surface area contributed by atoms with Crippen molar-refractivity contribution in [3.05, 3.63) is 11.6 Å². The molecule has 13 heteroatoms. The molecule has 27 heavy (non-hydrogen) atoms. The van der Waals surface area contributed by atoms with Crippen LogP contribution in [-0.2, 0) is 28.5 Å². The van der Waals surface area contributed by atoms with Gasteiger partial charge in [0.15, 0.2) is 29.6 Å². The van der Waals surface area contributed by atoms with Crippen LogP contribution in [0, 0.1) is 0 Å². The number of anilines is 1. The summed E-state index contributed by atoms with van der Waals surface area (Å²) in [5.41, 5.74) is 6.44. The van der Waals surface area contributed by atoms with Gasteiger partial charge in [-0.25, -0.2) is 4.98 Å². The van der Waals surface area contributed by atoms with E-state index in [1.807, 2.05) is 0 Å². The van der Waals surface area contributed by atoms with E-state index in [-0.39, 0.29) is 17.7 Å². The van der Waals surface area contributed by atoms with Crippen molar-refractivity contribution in [1.82, 2.24) is 19.5 Å². The van der Waals surface area contributed by atoms with E-state index in [1.165, 1.54) is 10.9 Å². The van der Waals surface area contributed by atoms with Gasteiger partial charge in [-0.3, -0.25) is 8.75 Å². The van der Waals surface area contributed by atoms with Gasteiger partial charge in [-0.2, -0.15) is 18.4 Å². The molecule has 4 heterocycles. The maximum Gasteiger partial charge on any atom is 0.264 e. The second-order valence-electron chi connectivity index (χ2n) is 6.83. The summed E-state index contributed by atoms with van der Waals surface area (Å²) < 4.78 is 48.0. The van der Waals surface area contributed by atoms with Gasteiger partial charge < -0.3 is 19.9 Å². The zero-order valence-electron chi connectivity index (χ0n) is 14.7. The molecule has 2 aliphatic rings. The Bertz CT molecular complexity index is 995. The van der Waals surface area contributed by atoms with Crippen molar-refractivity contribution >= 4 is 38.7 Å². The molecule has 2 N–H and O–H groups in total. The van der Waals surface area contributed by atoms with Crippen LogP contribution in [0.4, 0.5) is 5.82 Å². The van der Waals surface area contributed by atoms with Crippen LogP contribution in [0.2, 0.25) is 5.28 Å². The molecule has 0 amide bonds. The predicted octanol–water partition coefficient (Wildman–Crippen LogP) is 0.456. The lowest BCUT2D eigenvalue weighted by atomic mass is 10.1. The van der Waals surface area contributed by atoms with Gasteiger partial charge in [-0.05, 0) is 25.4 Å². The van der Waals surface area contributed by atoms with E-state index in [4.69, 9.17) is 35.7 Å². The molecule has 4 atom stereocenters. The second kappa shape index (κ2) is 6.22. The van der Waals surface area contributed by atoms with Gasteiger partial charge in [-0.1, -0.05) is 0 Å². The van der Waals surface area contributed by atoms with Gasteiger partial charge >= 0.3 is 0 Å².